The summed E-state index contributed by atoms with van der Waals surface area (Å²) in [6, 6.07) is 15.6. The number of imide groups is 1. The van der Waals surface area contributed by atoms with Gasteiger partial charge in [0.1, 0.15) is 0 Å². The quantitative estimate of drug-likeness (QED) is 0.641. The van der Waals surface area contributed by atoms with Gasteiger partial charge in [0.05, 0.1) is 5.69 Å². The lowest BCUT2D eigenvalue weighted by Gasteiger charge is -2.20. The van der Waals surface area contributed by atoms with Crippen molar-refractivity contribution in [1.82, 2.24) is 0 Å². The van der Waals surface area contributed by atoms with Crippen LogP contribution in [0.3, 0.4) is 0 Å². The highest BCUT2D eigenvalue weighted by Gasteiger charge is 2.25. The molecule has 2 aromatic rings. The van der Waals surface area contributed by atoms with Gasteiger partial charge in [-0.1, -0.05) is 48.6 Å². The smallest absolute Gasteiger partial charge is 0.258 e. The Bertz CT molecular complexity index is 818. The molecule has 2 amide bonds. The van der Waals surface area contributed by atoms with E-state index in [2.05, 4.69) is 0 Å². The van der Waals surface area contributed by atoms with Crippen LogP contribution in [0.4, 0.5) is 11.4 Å². The molecule has 0 unspecified atom stereocenters. The summed E-state index contributed by atoms with van der Waals surface area (Å²) in [7, 11) is 3.87. The van der Waals surface area contributed by atoms with E-state index in [0.29, 0.717) is 5.69 Å². The summed E-state index contributed by atoms with van der Waals surface area (Å²) in [6.45, 7) is 0. The van der Waals surface area contributed by atoms with Crippen LogP contribution in [-0.2, 0) is 9.59 Å². The van der Waals surface area contributed by atoms with Crippen molar-refractivity contribution in [2.75, 3.05) is 23.9 Å². The molecule has 24 heavy (non-hydrogen) atoms. The highest BCUT2D eigenvalue weighted by atomic mass is 16.2. The SMILES string of the molecule is CN(C)c1cc(N2C(=O)C=CC2=O)ccc1C=Cc1ccccc1. The summed E-state index contributed by atoms with van der Waals surface area (Å²) in [5.41, 5.74) is 3.64. The van der Waals surface area contributed by atoms with Crippen molar-refractivity contribution in [2.24, 2.45) is 0 Å². The van der Waals surface area contributed by atoms with Crippen LogP contribution in [0.1, 0.15) is 11.1 Å². The van der Waals surface area contributed by atoms with Gasteiger partial charge < -0.3 is 4.90 Å². The maximum Gasteiger partial charge on any atom is 0.258 e. The molecule has 4 heteroatoms. The van der Waals surface area contributed by atoms with Crippen LogP contribution in [0, 0.1) is 0 Å². The first-order valence-corrected chi connectivity index (χ1v) is 7.67. The second kappa shape index (κ2) is 6.54. The second-order valence-electron chi connectivity index (χ2n) is 5.73. The molecule has 1 aliphatic heterocycles. The average molecular weight is 318 g/mol. The number of anilines is 2. The number of nitrogens with zero attached hydrogens (tertiary/aromatic N) is 2. The molecule has 120 valence electrons. The minimum atomic E-state index is -0.308. The number of amides is 2. The van der Waals surface area contributed by atoms with E-state index in [0.717, 1.165) is 16.8 Å². The maximum absolute atomic E-state index is 11.9. The molecule has 0 N–H and O–H groups in total. The van der Waals surface area contributed by atoms with Crippen LogP contribution < -0.4 is 9.80 Å². The van der Waals surface area contributed by atoms with Crippen LogP contribution in [0.2, 0.25) is 0 Å². The molecule has 4 nitrogen and oxygen atoms in total. The summed E-state index contributed by atoms with van der Waals surface area (Å²) < 4.78 is 0. The third-order valence-electron chi connectivity index (χ3n) is 3.82. The van der Waals surface area contributed by atoms with Gasteiger partial charge in [-0.05, 0) is 23.3 Å². The zero-order valence-corrected chi connectivity index (χ0v) is 13.6. The fourth-order valence-electron chi connectivity index (χ4n) is 2.60. The van der Waals surface area contributed by atoms with E-state index in [1.165, 1.54) is 17.1 Å². The zero-order chi connectivity index (χ0) is 17.1. The lowest BCUT2D eigenvalue weighted by atomic mass is 10.1. The van der Waals surface area contributed by atoms with Gasteiger partial charge in [-0.2, -0.15) is 0 Å². The molecule has 1 aliphatic rings. The minimum absolute atomic E-state index is 0.308. The Morgan fingerprint density at radius 2 is 1.54 bits per heavy atom. The normalized spacial score (nSPS) is 14.0. The molecular weight excluding hydrogens is 300 g/mol. The molecule has 0 bridgehead atoms. The minimum Gasteiger partial charge on any atom is -0.377 e. The van der Waals surface area contributed by atoms with E-state index >= 15 is 0 Å². The zero-order valence-electron chi connectivity index (χ0n) is 13.6. The first-order valence-electron chi connectivity index (χ1n) is 7.67. The Morgan fingerprint density at radius 1 is 0.875 bits per heavy atom. The highest BCUT2D eigenvalue weighted by Crippen LogP contribution is 2.29. The molecule has 0 saturated carbocycles. The standard InChI is InChI=1S/C20H18N2O2/c1-21(2)18-14-17(22-19(23)12-13-20(22)24)11-10-16(18)9-8-15-6-4-3-5-7-15/h3-14H,1-2H3. The Morgan fingerprint density at radius 3 is 2.17 bits per heavy atom. The van der Waals surface area contributed by atoms with Crippen molar-refractivity contribution in [3.05, 3.63) is 71.8 Å². The van der Waals surface area contributed by atoms with Gasteiger partial charge in [0, 0.05) is 31.9 Å². The van der Waals surface area contributed by atoms with Gasteiger partial charge in [-0.25, -0.2) is 4.90 Å². The number of rotatable bonds is 4. The molecule has 0 radical (unpaired) electrons. The van der Waals surface area contributed by atoms with Gasteiger partial charge >= 0.3 is 0 Å². The largest absolute Gasteiger partial charge is 0.377 e. The van der Waals surface area contributed by atoms with Crippen molar-refractivity contribution in [3.8, 4) is 0 Å². The summed E-state index contributed by atoms with van der Waals surface area (Å²) in [6.07, 6.45) is 6.65. The second-order valence-corrected chi connectivity index (χ2v) is 5.73. The van der Waals surface area contributed by atoms with Crippen molar-refractivity contribution in [1.29, 1.82) is 0 Å². The number of hydrogen-bond donors (Lipinski definition) is 0. The third kappa shape index (κ3) is 3.13. The number of benzene rings is 2. The van der Waals surface area contributed by atoms with Crippen LogP contribution in [-0.4, -0.2) is 25.9 Å². The molecule has 0 fully saturated rings. The van der Waals surface area contributed by atoms with Crippen LogP contribution >= 0.6 is 0 Å². The van der Waals surface area contributed by atoms with Gasteiger partial charge in [0.2, 0.25) is 0 Å². The molecule has 0 spiro atoms. The first kappa shape index (κ1) is 15.7. The summed E-state index contributed by atoms with van der Waals surface area (Å²) >= 11 is 0. The molecule has 0 saturated heterocycles. The van der Waals surface area contributed by atoms with Crippen LogP contribution in [0.15, 0.2) is 60.7 Å². The van der Waals surface area contributed by atoms with E-state index in [-0.39, 0.29) is 11.8 Å². The van der Waals surface area contributed by atoms with Crippen LogP contribution in [0.5, 0.6) is 0 Å². The van der Waals surface area contributed by atoms with E-state index in [1.807, 2.05) is 73.6 Å². The van der Waals surface area contributed by atoms with Gasteiger partial charge in [0.15, 0.2) is 0 Å². The summed E-state index contributed by atoms with van der Waals surface area (Å²) in [4.78, 5) is 26.8. The van der Waals surface area contributed by atoms with E-state index in [9.17, 15) is 9.59 Å². The number of hydrogen-bond acceptors (Lipinski definition) is 3. The van der Waals surface area contributed by atoms with Gasteiger partial charge in [-0.3, -0.25) is 9.59 Å². The van der Waals surface area contributed by atoms with E-state index < -0.39 is 0 Å². The fraction of sp³-hybridized carbons (Fsp3) is 0.100. The monoisotopic (exact) mass is 318 g/mol. The first-order chi connectivity index (χ1) is 11.6. The van der Waals surface area contributed by atoms with Crippen molar-refractivity contribution in [2.45, 2.75) is 0 Å². The number of carbonyl (C=O) groups excluding carboxylic acids is 2. The third-order valence-corrected chi connectivity index (χ3v) is 3.82. The van der Waals surface area contributed by atoms with Crippen molar-refractivity contribution in [3.63, 3.8) is 0 Å². The van der Waals surface area contributed by atoms with Crippen molar-refractivity contribution < 1.29 is 9.59 Å². The average Bonchev–Trinajstić information content (AvgIpc) is 2.92. The van der Waals surface area contributed by atoms with Gasteiger partial charge in [0.25, 0.3) is 11.8 Å². The Labute approximate surface area is 141 Å². The Kier molecular flexibility index (Phi) is 4.29. The summed E-state index contributed by atoms with van der Waals surface area (Å²) in [5.74, 6) is -0.616. The van der Waals surface area contributed by atoms with E-state index in [4.69, 9.17) is 0 Å². The maximum atomic E-state index is 11.9. The predicted octanol–water partition coefficient (Wildman–Crippen LogP) is 3.35. The molecule has 0 atom stereocenters. The van der Waals surface area contributed by atoms with E-state index in [1.54, 1.807) is 6.07 Å². The number of carbonyl (C=O) groups is 2. The van der Waals surface area contributed by atoms with Crippen LogP contribution in [0.25, 0.3) is 12.2 Å². The predicted molar refractivity (Wildman–Crippen MR) is 97.8 cm³/mol. The van der Waals surface area contributed by atoms with Crippen molar-refractivity contribution >= 4 is 35.3 Å². The molecular formula is C20H18N2O2. The lowest BCUT2D eigenvalue weighted by molar-refractivity contribution is -0.119. The molecule has 0 aromatic heterocycles. The Balaban J connectivity index is 1.95. The Hall–Kier alpha value is -3.14. The molecule has 2 aromatic carbocycles. The lowest BCUT2D eigenvalue weighted by Crippen LogP contribution is -2.29. The molecule has 1 heterocycles. The summed E-state index contributed by atoms with van der Waals surface area (Å²) in [5, 5.41) is 0. The highest BCUT2D eigenvalue weighted by molar-refractivity contribution is 6.28. The fourth-order valence-corrected chi connectivity index (χ4v) is 2.60. The molecule has 0 aliphatic carbocycles. The van der Waals surface area contributed by atoms with Gasteiger partial charge in [-0.15, -0.1) is 0 Å². The topological polar surface area (TPSA) is 40.6 Å². The molecule has 3 rings (SSSR count).